The average Bonchev–Trinajstić information content (AvgIpc) is 3.44. The van der Waals surface area contributed by atoms with E-state index in [9.17, 15) is 36.4 Å². The van der Waals surface area contributed by atoms with Crippen LogP contribution in [0.4, 0.5) is 18.0 Å². The number of halogens is 3. The van der Waals surface area contributed by atoms with Crippen LogP contribution in [0.1, 0.15) is 37.4 Å². The topological polar surface area (TPSA) is 167 Å². The number of aromatic nitrogens is 2. The fraction of sp³-hybridized carbons (Fsp3) is 0.370. The van der Waals surface area contributed by atoms with Gasteiger partial charge in [-0.25, -0.2) is 22.6 Å². The molecule has 244 valence electrons. The Balaban J connectivity index is 1.56. The summed E-state index contributed by atoms with van der Waals surface area (Å²) < 4.78 is 77.9. The number of hydrazine groups is 1. The van der Waals surface area contributed by atoms with Gasteiger partial charge >= 0.3 is 12.3 Å². The van der Waals surface area contributed by atoms with Gasteiger partial charge in [-0.2, -0.15) is 18.3 Å². The van der Waals surface area contributed by atoms with Crippen LogP contribution in [-0.4, -0.2) is 67.2 Å². The number of nitrogens with one attached hydrogen (secondary N) is 1. The Morgan fingerprint density at radius 2 is 1.76 bits per heavy atom. The molecular weight excluding hydrogens is 625 g/mol. The lowest BCUT2D eigenvalue weighted by Gasteiger charge is -2.13. The van der Waals surface area contributed by atoms with Crippen LogP contribution in [-0.2, 0) is 35.3 Å². The summed E-state index contributed by atoms with van der Waals surface area (Å²) >= 11 is 0. The molecule has 0 radical (unpaired) electrons. The van der Waals surface area contributed by atoms with Crippen molar-refractivity contribution in [3.05, 3.63) is 71.1 Å². The standard InChI is InChI=1S/C27H31F3N6O8S/c1-4-42-26(38)43-18-44-33-36(39)34(3)16-6-5-7-25(37)32-45(40,41)22-14-12-21(13-15-22)35-23(17-24(31-35)27(28,29)30)20-10-8-19(2)9-11-20/h8-15,17H,4-7,16,18H2,1-3H3,(H,32,37). The molecule has 2 aromatic carbocycles. The van der Waals surface area contributed by atoms with Gasteiger partial charge in [-0.1, -0.05) is 29.8 Å². The number of ether oxygens (including phenoxy) is 2. The highest BCUT2D eigenvalue weighted by Crippen LogP contribution is 2.33. The van der Waals surface area contributed by atoms with E-state index in [4.69, 9.17) is 0 Å². The Labute approximate surface area is 256 Å². The van der Waals surface area contributed by atoms with Gasteiger partial charge < -0.3 is 19.5 Å². The molecule has 0 unspecified atom stereocenters. The van der Waals surface area contributed by atoms with Gasteiger partial charge in [-0.15, -0.1) is 5.01 Å². The molecule has 1 N–H and O–H groups in total. The summed E-state index contributed by atoms with van der Waals surface area (Å²) in [5.74, 6) is -0.798. The smallest absolute Gasteiger partial charge is 0.511 e. The molecule has 3 aromatic rings. The maximum absolute atomic E-state index is 13.5. The van der Waals surface area contributed by atoms with Crippen LogP contribution in [0.3, 0.4) is 0 Å². The number of hydrogen-bond acceptors (Lipinski definition) is 10. The molecule has 3 rings (SSSR count). The van der Waals surface area contributed by atoms with E-state index in [2.05, 4.69) is 24.7 Å². The molecule has 0 spiro atoms. The summed E-state index contributed by atoms with van der Waals surface area (Å²) in [5.41, 5.74) is 0.606. The first kappa shape index (κ1) is 34.6. The zero-order valence-corrected chi connectivity index (χ0v) is 25.3. The third kappa shape index (κ3) is 10.1. The third-order valence-corrected chi connectivity index (χ3v) is 7.42. The molecule has 0 atom stereocenters. The van der Waals surface area contributed by atoms with Gasteiger partial charge in [0, 0.05) is 12.0 Å². The molecule has 45 heavy (non-hydrogen) atoms. The number of alkyl halides is 3. The normalized spacial score (nSPS) is 12.0. The quantitative estimate of drug-likeness (QED) is 0.0641. The largest absolute Gasteiger partial charge is 0.569 e. The molecule has 1 aromatic heterocycles. The summed E-state index contributed by atoms with van der Waals surface area (Å²) in [6, 6.07) is 12.6. The Hall–Kier alpha value is -4.87. The van der Waals surface area contributed by atoms with E-state index in [0.29, 0.717) is 12.0 Å². The van der Waals surface area contributed by atoms with E-state index in [1.807, 2.05) is 11.6 Å². The molecule has 0 saturated carbocycles. The highest BCUT2D eigenvalue weighted by Gasteiger charge is 2.35. The summed E-state index contributed by atoms with van der Waals surface area (Å²) in [7, 11) is -2.90. The molecule has 18 heteroatoms. The molecule has 14 nitrogen and oxygen atoms in total. The number of hydrogen-bond donors (Lipinski definition) is 1. The van der Waals surface area contributed by atoms with E-state index in [1.165, 1.54) is 19.2 Å². The number of aryl methyl sites for hydroxylation is 1. The second-order valence-corrected chi connectivity index (χ2v) is 11.1. The van der Waals surface area contributed by atoms with Gasteiger partial charge in [0.15, 0.2) is 5.69 Å². The molecule has 0 bridgehead atoms. The fourth-order valence-electron chi connectivity index (χ4n) is 3.75. The average molecular weight is 657 g/mol. The monoisotopic (exact) mass is 656 g/mol. The van der Waals surface area contributed by atoms with E-state index in [-0.39, 0.29) is 47.2 Å². The Kier molecular flexibility index (Phi) is 11.7. The zero-order valence-electron chi connectivity index (χ0n) is 24.5. The van der Waals surface area contributed by atoms with Crippen LogP contribution in [0.5, 0.6) is 0 Å². The van der Waals surface area contributed by atoms with E-state index in [1.54, 1.807) is 31.2 Å². The lowest BCUT2D eigenvalue weighted by atomic mass is 10.1. The molecule has 0 fully saturated rings. The third-order valence-electron chi connectivity index (χ3n) is 6.03. The van der Waals surface area contributed by atoms with Gasteiger partial charge in [0.25, 0.3) is 16.8 Å². The van der Waals surface area contributed by atoms with E-state index >= 15 is 0 Å². The second-order valence-electron chi connectivity index (χ2n) is 9.46. The molecule has 0 aliphatic carbocycles. The Morgan fingerprint density at radius 3 is 2.38 bits per heavy atom. The lowest BCUT2D eigenvalue weighted by molar-refractivity contribution is -0.706. The molecule has 0 aliphatic heterocycles. The van der Waals surface area contributed by atoms with Crippen LogP contribution < -0.4 is 4.72 Å². The van der Waals surface area contributed by atoms with Gasteiger partial charge in [0.1, 0.15) is 0 Å². The highest BCUT2D eigenvalue weighted by molar-refractivity contribution is 7.90. The first-order chi connectivity index (χ1) is 21.2. The van der Waals surface area contributed by atoms with Crippen molar-refractivity contribution < 1.29 is 50.5 Å². The maximum Gasteiger partial charge on any atom is 0.511 e. The van der Waals surface area contributed by atoms with E-state index < -0.39 is 40.7 Å². The predicted octanol–water partition coefficient (Wildman–Crippen LogP) is 4.71. The van der Waals surface area contributed by atoms with Crippen molar-refractivity contribution in [2.45, 2.75) is 44.2 Å². The number of sulfonamides is 1. The number of carbonyl (C=O) groups is 2. The molecule has 1 heterocycles. The van der Waals surface area contributed by atoms with Gasteiger partial charge in [-0.05, 0) is 57.0 Å². The van der Waals surface area contributed by atoms with Gasteiger partial charge in [0.05, 0.1) is 41.4 Å². The van der Waals surface area contributed by atoms with Gasteiger partial charge in [0.2, 0.25) is 11.2 Å². The van der Waals surface area contributed by atoms with Crippen molar-refractivity contribution in [3.63, 3.8) is 0 Å². The van der Waals surface area contributed by atoms with Crippen LogP contribution >= 0.6 is 0 Å². The van der Waals surface area contributed by atoms with Gasteiger partial charge in [-0.3, -0.25) is 4.79 Å². The summed E-state index contributed by atoms with van der Waals surface area (Å²) in [6.45, 7) is 3.01. The maximum atomic E-state index is 13.5. The number of amides is 1. The molecule has 0 aliphatic rings. The number of rotatable bonds is 14. The van der Waals surface area contributed by atoms with Crippen LogP contribution in [0.2, 0.25) is 0 Å². The Bertz CT molecular complexity index is 1590. The van der Waals surface area contributed by atoms with Crippen molar-refractivity contribution in [3.8, 4) is 16.9 Å². The minimum Gasteiger partial charge on any atom is -0.569 e. The first-order valence-corrected chi connectivity index (χ1v) is 14.9. The molecule has 0 saturated heterocycles. The van der Waals surface area contributed by atoms with Crippen LogP contribution in [0.15, 0.2) is 64.8 Å². The highest BCUT2D eigenvalue weighted by atomic mass is 32.2. The SMILES string of the molecule is CCOC(=O)OCON=[N+]([O-])N(C)CCCCC(=O)NS(=O)(=O)c1ccc(-n2nc(C(F)(F)F)cc2-c2ccc(C)cc2)cc1. The summed E-state index contributed by atoms with van der Waals surface area (Å²) in [4.78, 5) is 27.7. The summed E-state index contributed by atoms with van der Waals surface area (Å²) in [5, 5.41) is 19.8. The number of nitrogens with zero attached hydrogens (tertiary/aromatic N) is 5. The lowest BCUT2D eigenvalue weighted by Crippen LogP contribution is -2.31. The number of carbonyl (C=O) groups excluding carboxylic acids is 2. The first-order valence-electron chi connectivity index (χ1n) is 13.4. The molecule has 1 amide bonds. The minimum absolute atomic E-state index is 0.0968. The number of unbranched alkanes of at least 4 members (excludes halogenated alkanes) is 1. The van der Waals surface area contributed by atoms with Crippen molar-refractivity contribution >= 4 is 22.1 Å². The summed E-state index contributed by atoms with van der Waals surface area (Å²) in [6.07, 6.45) is -5.35. The van der Waals surface area contributed by atoms with Crippen molar-refractivity contribution in [2.75, 3.05) is 27.0 Å². The number of benzene rings is 2. The zero-order chi connectivity index (χ0) is 33.2. The van der Waals surface area contributed by atoms with Crippen LogP contribution in [0, 0.1) is 12.1 Å². The second kappa shape index (κ2) is 15.2. The van der Waals surface area contributed by atoms with Crippen LogP contribution in [0.25, 0.3) is 16.9 Å². The Morgan fingerprint density at radius 1 is 1.09 bits per heavy atom. The molecular formula is C27H31F3N6O8S. The van der Waals surface area contributed by atoms with E-state index in [0.717, 1.165) is 33.5 Å². The van der Waals surface area contributed by atoms with Crippen molar-refractivity contribution in [1.82, 2.24) is 19.5 Å². The van der Waals surface area contributed by atoms with Crippen molar-refractivity contribution in [2.24, 2.45) is 5.28 Å². The predicted molar refractivity (Wildman–Crippen MR) is 151 cm³/mol. The van der Waals surface area contributed by atoms with Crippen molar-refractivity contribution in [1.29, 1.82) is 0 Å². The fourth-order valence-corrected chi connectivity index (χ4v) is 4.77. The minimum atomic E-state index is -4.70.